The molecular formula is C7H19NO4. The highest BCUT2D eigenvalue weighted by molar-refractivity contribution is 4.63. The van der Waals surface area contributed by atoms with E-state index in [1.165, 1.54) is 0 Å². The van der Waals surface area contributed by atoms with Gasteiger partial charge in [0.15, 0.2) is 0 Å². The molecule has 0 radical (unpaired) electrons. The fourth-order valence-corrected chi connectivity index (χ4v) is 0.0577. The molecule has 0 amide bonds. The molecule has 0 atom stereocenters. The monoisotopic (exact) mass is 181 g/mol. The molecule has 5 heteroatoms. The molecule has 6 N–H and O–H groups in total. The van der Waals surface area contributed by atoms with Crippen molar-refractivity contribution in [1.29, 1.82) is 0 Å². The molecule has 76 valence electrons. The molecule has 0 aliphatic rings. The molecule has 0 rings (SSSR count). The van der Waals surface area contributed by atoms with E-state index in [9.17, 15) is 0 Å². The summed E-state index contributed by atoms with van der Waals surface area (Å²) in [6.45, 7) is 2.94. The van der Waals surface area contributed by atoms with Crippen molar-refractivity contribution < 1.29 is 20.4 Å². The van der Waals surface area contributed by atoms with Gasteiger partial charge in [-0.15, -0.1) is 0 Å². The molecular weight excluding hydrogens is 162 g/mol. The van der Waals surface area contributed by atoms with E-state index in [4.69, 9.17) is 26.2 Å². The van der Waals surface area contributed by atoms with Crippen LogP contribution in [0.25, 0.3) is 0 Å². The van der Waals surface area contributed by atoms with E-state index in [0.29, 0.717) is 6.54 Å². The van der Waals surface area contributed by atoms with Crippen LogP contribution in [0.1, 0.15) is 13.8 Å². The van der Waals surface area contributed by atoms with Crippen molar-refractivity contribution in [3.8, 4) is 0 Å². The summed E-state index contributed by atoms with van der Waals surface area (Å²) in [5.74, 6) is 0. The van der Waals surface area contributed by atoms with E-state index < -0.39 is 11.7 Å². The van der Waals surface area contributed by atoms with Crippen molar-refractivity contribution in [2.75, 3.05) is 19.8 Å². The first-order valence-electron chi connectivity index (χ1n) is 3.69. The molecule has 0 fully saturated rings. The van der Waals surface area contributed by atoms with Crippen molar-refractivity contribution in [1.82, 2.24) is 0 Å². The quantitative estimate of drug-likeness (QED) is 0.348. The fourth-order valence-electron chi connectivity index (χ4n) is 0.0577. The standard InChI is InChI=1S/C4H11NO.C3H8O3/c1-4(2,6)3-5;4-1-3(6)2-5/h6H,3,5H2,1-2H3;3-6H,1-2H2. The number of aliphatic hydroxyl groups excluding tert-OH is 3. The van der Waals surface area contributed by atoms with Crippen LogP contribution in [-0.2, 0) is 0 Å². The molecule has 0 unspecified atom stereocenters. The Hall–Kier alpha value is -0.200. The Morgan fingerprint density at radius 3 is 1.50 bits per heavy atom. The number of nitrogens with two attached hydrogens (primary N) is 1. The van der Waals surface area contributed by atoms with E-state index >= 15 is 0 Å². The lowest BCUT2D eigenvalue weighted by Crippen LogP contribution is -2.29. The largest absolute Gasteiger partial charge is 0.394 e. The van der Waals surface area contributed by atoms with Crippen molar-refractivity contribution >= 4 is 0 Å². The maximum Gasteiger partial charge on any atom is 0.100 e. The van der Waals surface area contributed by atoms with E-state index in [-0.39, 0.29) is 13.2 Å². The summed E-state index contributed by atoms with van der Waals surface area (Å²) in [6.07, 6.45) is -0.954. The van der Waals surface area contributed by atoms with Crippen LogP contribution in [0.5, 0.6) is 0 Å². The van der Waals surface area contributed by atoms with E-state index in [0.717, 1.165) is 0 Å². The molecule has 12 heavy (non-hydrogen) atoms. The Bertz CT molecular complexity index is 87.9. The zero-order valence-corrected chi connectivity index (χ0v) is 7.56. The lowest BCUT2D eigenvalue weighted by molar-refractivity contribution is 0.0450. The van der Waals surface area contributed by atoms with Gasteiger partial charge in [0.25, 0.3) is 0 Å². The molecule has 0 saturated carbocycles. The van der Waals surface area contributed by atoms with Gasteiger partial charge < -0.3 is 26.2 Å². The van der Waals surface area contributed by atoms with Crippen molar-refractivity contribution in [2.45, 2.75) is 25.6 Å². The van der Waals surface area contributed by atoms with Crippen molar-refractivity contribution in [2.24, 2.45) is 5.73 Å². The van der Waals surface area contributed by atoms with Crippen LogP contribution in [0.3, 0.4) is 0 Å². The highest BCUT2D eigenvalue weighted by Crippen LogP contribution is 1.93. The third-order valence-corrected chi connectivity index (χ3v) is 0.921. The zero-order chi connectivity index (χ0) is 10.2. The second-order valence-electron chi connectivity index (χ2n) is 3.04. The molecule has 0 aliphatic heterocycles. The summed E-state index contributed by atoms with van der Waals surface area (Å²) in [5.41, 5.74) is 4.38. The molecule has 5 nitrogen and oxygen atoms in total. The normalized spacial score (nSPS) is 11.0. The first-order chi connectivity index (χ1) is 5.37. The number of hydrogen-bond acceptors (Lipinski definition) is 5. The predicted molar refractivity (Wildman–Crippen MR) is 45.5 cm³/mol. The molecule has 0 aromatic rings. The molecule has 0 aromatic heterocycles. The van der Waals surface area contributed by atoms with Gasteiger partial charge in [-0.1, -0.05) is 0 Å². The third kappa shape index (κ3) is 16.4. The van der Waals surface area contributed by atoms with Gasteiger partial charge in [-0.3, -0.25) is 0 Å². The van der Waals surface area contributed by atoms with Crippen LogP contribution in [0.15, 0.2) is 0 Å². The van der Waals surface area contributed by atoms with Gasteiger partial charge in [0.2, 0.25) is 0 Å². The molecule has 0 heterocycles. The topological polar surface area (TPSA) is 107 Å². The van der Waals surface area contributed by atoms with Gasteiger partial charge in [0.05, 0.1) is 18.8 Å². The maximum atomic E-state index is 8.70. The molecule has 0 aliphatic carbocycles. The lowest BCUT2D eigenvalue weighted by Gasteiger charge is -2.11. The van der Waals surface area contributed by atoms with Gasteiger partial charge in [-0.2, -0.15) is 0 Å². The number of rotatable bonds is 3. The zero-order valence-electron chi connectivity index (χ0n) is 7.56. The fraction of sp³-hybridized carbons (Fsp3) is 1.00. The van der Waals surface area contributed by atoms with Crippen molar-refractivity contribution in [3.05, 3.63) is 0 Å². The van der Waals surface area contributed by atoms with Crippen molar-refractivity contribution in [3.63, 3.8) is 0 Å². The smallest absolute Gasteiger partial charge is 0.100 e. The summed E-state index contributed by atoms with van der Waals surface area (Å²) in [6, 6.07) is 0. The molecule has 0 spiro atoms. The van der Waals surface area contributed by atoms with Gasteiger partial charge in [0.1, 0.15) is 6.10 Å². The Morgan fingerprint density at radius 1 is 1.25 bits per heavy atom. The van der Waals surface area contributed by atoms with Crippen LogP contribution in [0, 0.1) is 0 Å². The van der Waals surface area contributed by atoms with Gasteiger partial charge in [-0.25, -0.2) is 0 Å². The second-order valence-corrected chi connectivity index (χ2v) is 3.04. The van der Waals surface area contributed by atoms with Crippen LogP contribution in [0.4, 0.5) is 0 Å². The van der Waals surface area contributed by atoms with Gasteiger partial charge in [-0.05, 0) is 13.8 Å². The van der Waals surface area contributed by atoms with Crippen LogP contribution in [-0.4, -0.2) is 51.9 Å². The predicted octanol–water partition coefficient (Wildman–Crippen LogP) is -1.95. The number of hydrogen-bond donors (Lipinski definition) is 5. The maximum absolute atomic E-state index is 8.70. The van der Waals surface area contributed by atoms with Crippen LogP contribution in [0.2, 0.25) is 0 Å². The minimum absolute atomic E-state index is 0.326. The highest BCUT2D eigenvalue weighted by Gasteiger charge is 2.06. The first kappa shape index (κ1) is 14.3. The first-order valence-corrected chi connectivity index (χ1v) is 3.69. The van der Waals surface area contributed by atoms with Crippen LogP contribution >= 0.6 is 0 Å². The highest BCUT2D eigenvalue weighted by atomic mass is 16.3. The van der Waals surface area contributed by atoms with E-state index in [1.54, 1.807) is 13.8 Å². The van der Waals surface area contributed by atoms with Crippen LogP contribution < -0.4 is 5.73 Å². The molecule has 0 aromatic carbocycles. The second kappa shape index (κ2) is 7.45. The van der Waals surface area contributed by atoms with Gasteiger partial charge in [0, 0.05) is 6.54 Å². The summed E-state index contributed by atoms with van der Waals surface area (Å²) in [4.78, 5) is 0. The SMILES string of the molecule is CC(C)(O)CN.OCC(O)CO. The lowest BCUT2D eigenvalue weighted by atomic mass is 10.1. The minimum Gasteiger partial charge on any atom is -0.394 e. The molecule has 0 bridgehead atoms. The average molecular weight is 181 g/mol. The minimum atomic E-state index is -0.954. The Kier molecular flexibility index (Phi) is 8.90. The average Bonchev–Trinajstić information content (AvgIpc) is 2.03. The molecule has 0 saturated heterocycles. The Labute approximate surface area is 72.5 Å². The van der Waals surface area contributed by atoms with E-state index in [1.807, 2.05) is 0 Å². The summed E-state index contributed by atoms with van der Waals surface area (Å²) >= 11 is 0. The summed E-state index contributed by atoms with van der Waals surface area (Å²) in [5, 5.41) is 32.7. The Morgan fingerprint density at radius 2 is 1.50 bits per heavy atom. The summed E-state index contributed by atoms with van der Waals surface area (Å²) in [7, 11) is 0. The van der Waals surface area contributed by atoms with Gasteiger partial charge >= 0.3 is 0 Å². The summed E-state index contributed by atoms with van der Waals surface area (Å²) < 4.78 is 0. The Balaban J connectivity index is 0. The third-order valence-electron chi connectivity index (χ3n) is 0.921. The number of aliphatic hydroxyl groups is 4. The van der Waals surface area contributed by atoms with E-state index in [2.05, 4.69) is 0 Å².